The van der Waals surface area contributed by atoms with Gasteiger partial charge in [-0.25, -0.2) is 12.7 Å². The lowest BCUT2D eigenvalue weighted by Crippen LogP contribution is -2.38. The molecule has 1 aliphatic rings. The van der Waals surface area contributed by atoms with E-state index >= 15 is 0 Å². The molecule has 2 heterocycles. The summed E-state index contributed by atoms with van der Waals surface area (Å²) in [5.74, 6) is 0.404. The van der Waals surface area contributed by atoms with Crippen LogP contribution < -0.4 is 5.32 Å². The smallest absolute Gasteiger partial charge is 0.221 e. The Balaban J connectivity index is 1.61. The molecule has 0 spiro atoms. The van der Waals surface area contributed by atoms with Crippen molar-refractivity contribution in [1.29, 1.82) is 0 Å². The van der Waals surface area contributed by atoms with E-state index in [-0.39, 0.29) is 11.7 Å². The number of H-pyrrole nitrogens is 1. The Labute approximate surface area is 177 Å². The van der Waals surface area contributed by atoms with Crippen molar-refractivity contribution in [2.45, 2.75) is 32.6 Å². The number of hydrogen-bond acceptors (Lipinski definition) is 3. The zero-order valence-corrected chi connectivity index (χ0v) is 18.1. The monoisotopic (exact) mass is 425 g/mol. The highest BCUT2D eigenvalue weighted by atomic mass is 32.2. The van der Waals surface area contributed by atoms with Crippen LogP contribution in [0, 0.1) is 0 Å². The van der Waals surface area contributed by atoms with Crippen LogP contribution in [-0.2, 0) is 14.8 Å². The van der Waals surface area contributed by atoms with E-state index in [9.17, 15) is 13.2 Å². The second-order valence-electron chi connectivity index (χ2n) is 7.84. The number of piperidine rings is 1. The first-order chi connectivity index (χ1) is 14.4. The molecule has 1 amide bonds. The molecular weight excluding hydrogens is 398 g/mol. The predicted octanol–water partition coefficient (Wildman–Crippen LogP) is 4.32. The molecule has 3 aromatic rings. The molecule has 158 valence electrons. The van der Waals surface area contributed by atoms with Crippen LogP contribution in [0.4, 0.5) is 5.69 Å². The van der Waals surface area contributed by atoms with Crippen molar-refractivity contribution in [3.05, 3.63) is 54.2 Å². The second kappa shape index (κ2) is 8.24. The Morgan fingerprint density at radius 2 is 1.87 bits per heavy atom. The summed E-state index contributed by atoms with van der Waals surface area (Å²) in [6, 6.07) is 14.2. The molecule has 2 N–H and O–H groups in total. The largest absolute Gasteiger partial charge is 0.361 e. The molecule has 0 saturated carbocycles. The molecule has 1 aliphatic heterocycles. The van der Waals surface area contributed by atoms with Gasteiger partial charge in [0.15, 0.2) is 0 Å². The molecule has 0 atom stereocenters. The van der Waals surface area contributed by atoms with E-state index in [1.807, 2.05) is 24.3 Å². The van der Waals surface area contributed by atoms with E-state index in [1.54, 1.807) is 11.2 Å². The van der Waals surface area contributed by atoms with Crippen molar-refractivity contribution in [1.82, 2.24) is 9.29 Å². The van der Waals surface area contributed by atoms with Gasteiger partial charge in [0, 0.05) is 42.8 Å². The van der Waals surface area contributed by atoms with Gasteiger partial charge in [0.1, 0.15) is 0 Å². The van der Waals surface area contributed by atoms with E-state index in [0.717, 1.165) is 35.2 Å². The van der Waals surface area contributed by atoms with Crippen LogP contribution in [0.15, 0.2) is 48.7 Å². The number of amides is 1. The number of anilines is 1. The molecule has 1 aromatic heterocycles. The maximum Gasteiger partial charge on any atom is 0.221 e. The van der Waals surface area contributed by atoms with E-state index in [4.69, 9.17) is 0 Å². The molecule has 0 radical (unpaired) electrons. The van der Waals surface area contributed by atoms with Crippen LogP contribution in [0.5, 0.6) is 0 Å². The first-order valence-corrected chi connectivity index (χ1v) is 11.9. The third-order valence-electron chi connectivity index (χ3n) is 5.88. The standard InChI is InChI=1S/C23H27N3O3S/c1-3-30(28,29)26-11-9-17(10-12-26)22-15-24-23-8-7-19(14-21(22)23)18-5-4-6-20(13-18)25-16(2)27/h4-8,13-15,17,24H,3,9-12H2,1-2H3,(H,25,27). The van der Waals surface area contributed by atoms with Gasteiger partial charge in [-0.05, 0) is 66.6 Å². The zero-order valence-electron chi connectivity index (χ0n) is 17.3. The Morgan fingerprint density at radius 3 is 2.57 bits per heavy atom. The lowest BCUT2D eigenvalue weighted by atomic mass is 9.89. The van der Waals surface area contributed by atoms with Crippen molar-refractivity contribution in [3.8, 4) is 11.1 Å². The van der Waals surface area contributed by atoms with E-state index in [0.29, 0.717) is 19.0 Å². The lowest BCUT2D eigenvalue weighted by Gasteiger charge is -2.30. The molecule has 0 bridgehead atoms. The molecule has 4 rings (SSSR count). The lowest BCUT2D eigenvalue weighted by molar-refractivity contribution is -0.114. The Hall–Kier alpha value is -2.64. The number of rotatable bonds is 5. The highest BCUT2D eigenvalue weighted by Crippen LogP contribution is 2.36. The van der Waals surface area contributed by atoms with Crippen LogP contribution in [-0.4, -0.2) is 42.5 Å². The highest BCUT2D eigenvalue weighted by molar-refractivity contribution is 7.89. The molecule has 0 aliphatic carbocycles. The van der Waals surface area contributed by atoms with Gasteiger partial charge >= 0.3 is 0 Å². The van der Waals surface area contributed by atoms with Crippen LogP contribution in [0.3, 0.4) is 0 Å². The summed E-state index contributed by atoms with van der Waals surface area (Å²) in [6.45, 7) is 4.35. The predicted molar refractivity (Wildman–Crippen MR) is 121 cm³/mol. The van der Waals surface area contributed by atoms with Crippen molar-refractivity contribution < 1.29 is 13.2 Å². The molecule has 6 nitrogen and oxygen atoms in total. The number of aromatic nitrogens is 1. The fourth-order valence-electron chi connectivity index (χ4n) is 4.27. The van der Waals surface area contributed by atoms with Crippen LogP contribution in [0.2, 0.25) is 0 Å². The topological polar surface area (TPSA) is 82.3 Å². The number of nitrogens with one attached hydrogen (secondary N) is 2. The normalized spacial score (nSPS) is 16.1. The minimum atomic E-state index is -3.12. The van der Waals surface area contributed by atoms with Gasteiger partial charge in [-0.3, -0.25) is 4.79 Å². The summed E-state index contributed by atoms with van der Waals surface area (Å²) in [6.07, 6.45) is 3.72. The van der Waals surface area contributed by atoms with Gasteiger partial charge in [-0.1, -0.05) is 18.2 Å². The van der Waals surface area contributed by atoms with Crippen molar-refractivity contribution >= 4 is 32.5 Å². The SMILES string of the molecule is CCS(=O)(=O)N1CCC(c2c[nH]c3ccc(-c4cccc(NC(C)=O)c4)cc23)CC1. The summed E-state index contributed by atoms with van der Waals surface area (Å²) >= 11 is 0. The molecule has 2 aromatic carbocycles. The van der Waals surface area contributed by atoms with Crippen molar-refractivity contribution in [3.63, 3.8) is 0 Å². The van der Waals surface area contributed by atoms with Crippen LogP contribution in [0.1, 0.15) is 38.2 Å². The van der Waals surface area contributed by atoms with Gasteiger partial charge in [-0.2, -0.15) is 0 Å². The number of aromatic amines is 1. The van der Waals surface area contributed by atoms with Gasteiger partial charge in [-0.15, -0.1) is 0 Å². The summed E-state index contributed by atoms with van der Waals surface area (Å²) in [4.78, 5) is 14.7. The highest BCUT2D eigenvalue weighted by Gasteiger charge is 2.28. The number of benzene rings is 2. The van der Waals surface area contributed by atoms with Crippen LogP contribution >= 0.6 is 0 Å². The maximum absolute atomic E-state index is 12.1. The Kier molecular flexibility index (Phi) is 5.66. The molecule has 0 unspecified atom stereocenters. The number of carbonyl (C=O) groups excluding carboxylic acids is 1. The summed E-state index contributed by atoms with van der Waals surface area (Å²) < 4.78 is 25.9. The fourth-order valence-corrected chi connectivity index (χ4v) is 5.40. The third-order valence-corrected chi connectivity index (χ3v) is 7.76. The molecule has 30 heavy (non-hydrogen) atoms. The first-order valence-electron chi connectivity index (χ1n) is 10.3. The van der Waals surface area contributed by atoms with E-state index < -0.39 is 10.0 Å². The Morgan fingerprint density at radius 1 is 1.13 bits per heavy atom. The fraction of sp³-hybridized carbons (Fsp3) is 0.348. The van der Waals surface area contributed by atoms with Crippen molar-refractivity contribution in [2.75, 3.05) is 24.2 Å². The third kappa shape index (κ3) is 4.13. The average Bonchev–Trinajstić information content (AvgIpc) is 3.17. The van der Waals surface area contributed by atoms with Gasteiger partial charge in [0.25, 0.3) is 0 Å². The molecule has 1 saturated heterocycles. The minimum Gasteiger partial charge on any atom is -0.361 e. The summed E-state index contributed by atoms with van der Waals surface area (Å²) in [5, 5.41) is 4.01. The first kappa shape index (κ1) is 20.6. The molecule has 7 heteroatoms. The quantitative estimate of drug-likeness (QED) is 0.639. The van der Waals surface area contributed by atoms with E-state index in [2.05, 4.69) is 34.7 Å². The number of fused-ring (bicyclic) bond motifs is 1. The minimum absolute atomic E-state index is 0.0908. The second-order valence-corrected chi connectivity index (χ2v) is 10.1. The molecule has 1 fully saturated rings. The number of carbonyl (C=O) groups is 1. The number of hydrogen-bond donors (Lipinski definition) is 2. The molecular formula is C23H27N3O3S. The van der Waals surface area contributed by atoms with E-state index in [1.165, 1.54) is 17.9 Å². The van der Waals surface area contributed by atoms with Crippen molar-refractivity contribution in [2.24, 2.45) is 0 Å². The number of nitrogens with zero attached hydrogens (tertiary/aromatic N) is 1. The Bertz CT molecular complexity index is 1180. The van der Waals surface area contributed by atoms with Gasteiger partial charge in [0.2, 0.25) is 15.9 Å². The van der Waals surface area contributed by atoms with Crippen LogP contribution in [0.25, 0.3) is 22.0 Å². The van der Waals surface area contributed by atoms with Gasteiger partial charge < -0.3 is 10.3 Å². The average molecular weight is 426 g/mol. The van der Waals surface area contributed by atoms with Gasteiger partial charge in [0.05, 0.1) is 5.75 Å². The zero-order chi connectivity index (χ0) is 21.3. The maximum atomic E-state index is 12.1. The summed E-state index contributed by atoms with van der Waals surface area (Å²) in [5.41, 5.74) is 5.23. The number of sulfonamides is 1. The summed E-state index contributed by atoms with van der Waals surface area (Å²) in [7, 11) is -3.12.